The van der Waals surface area contributed by atoms with Gasteiger partial charge in [0.2, 0.25) is 0 Å². The summed E-state index contributed by atoms with van der Waals surface area (Å²) in [6.07, 6.45) is 3.88. The summed E-state index contributed by atoms with van der Waals surface area (Å²) >= 11 is 13.5. The molecule has 0 amide bonds. The van der Waals surface area contributed by atoms with E-state index in [0.29, 0.717) is 75.5 Å². The van der Waals surface area contributed by atoms with E-state index >= 15 is 4.79 Å². The highest BCUT2D eigenvalue weighted by atomic mass is 35.5. The summed E-state index contributed by atoms with van der Waals surface area (Å²) in [5.74, 6) is -0.368. The van der Waals surface area contributed by atoms with Gasteiger partial charge in [0, 0.05) is 111 Å². The lowest BCUT2D eigenvalue weighted by molar-refractivity contribution is -0.131. The van der Waals surface area contributed by atoms with E-state index in [9.17, 15) is 8.78 Å². The molecule has 2 fully saturated rings. The van der Waals surface area contributed by atoms with E-state index in [1.807, 2.05) is 73.1 Å². The summed E-state index contributed by atoms with van der Waals surface area (Å²) in [6, 6.07) is 28.4. The Labute approximate surface area is 312 Å². The lowest BCUT2D eigenvalue weighted by Crippen LogP contribution is -2.60. The molecule has 268 valence electrons. The molecule has 0 spiro atoms. The molecule has 0 N–H and O–H groups in total. The van der Waals surface area contributed by atoms with Crippen LogP contribution in [0.4, 0.5) is 20.2 Å². The van der Waals surface area contributed by atoms with Crippen molar-refractivity contribution in [3.05, 3.63) is 131 Å². The highest BCUT2D eigenvalue weighted by molar-refractivity contribution is 6.36. The molecule has 8 rings (SSSR count). The highest BCUT2D eigenvalue weighted by Crippen LogP contribution is 2.30. The number of carbonyl (C=O) groups is 1. The second-order valence-corrected chi connectivity index (χ2v) is 14.5. The third-order valence-corrected chi connectivity index (χ3v) is 11.4. The molecule has 11 heteroatoms. The number of nitrogens with zero attached hydrogens (tertiary/aromatic N) is 6. The lowest BCUT2D eigenvalue weighted by Gasteiger charge is -2.44. The SMILES string of the molecule is O=C(C(Cn1cc(Cl)c2ccccc21)N1CCN(c2ccc(F)cc2)CC1)C(Cn1cc(Cl)c2ccccc21)N1CCN(c2ccc(F)cc2)CC1. The first-order valence-electron chi connectivity index (χ1n) is 17.8. The number of carbonyl (C=O) groups excluding carboxylic acids is 1. The van der Waals surface area contributed by atoms with Gasteiger partial charge in [-0.25, -0.2) is 8.78 Å². The van der Waals surface area contributed by atoms with Gasteiger partial charge in [-0.05, 0) is 60.7 Å². The third-order valence-electron chi connectivity index (χ3n) is 10.8. The Morgan fingerprint density at radius 3 is 1.29 bits per heavy atom. The Morgan fingerprint density at radius 2 is 0.904 bits per heavy atom. The number of anilines is 2. The van der Waals surface area contributed by atoms with E-state index < -0.39 is 12.1 Å². The number of aromatic nitrogens is 2. The molecule has 7 nitrogen and oxygen atoms in total. The molecule has 6 aromatic rings. The van der Waals surface area contributed by atoms with Gasteiger partial charge in [0.05, 0.1) is 22.1 Å². The predicted octanol–water partition coefficient (Wildman–Crippen LogP) is 7.83. The molecule has 2 aliphatic heterocycles. The molecule has 2 aliphatic rings. The van der Waals surface area contributed by atoms with Crippen LogP contribution in [-0.4, -0.2) is 89.2 Å². The summed E-state index contributed by atoms with van der Waals surface area (Å²) < 4.78 is 31.7. The summed E-state index contributed by atoms with van der Waals surface area (Å²) in [5.41, 5.74) is 3.92. The summed E-state index contributed by atoms with van der Waals surface area (Å²) in [4.78, 5) is 24.6. The van der Waals surface area contributed by atoms with Crippen LogP contribution in [-0.2, 0) is 17.9 Å². The Bertz CT molecular complexity index is 2020. The molecule has 2 saturated heterocycles. The van der Waals surface area contributed by atoms with Crippen LogP contribution in [0.25, 0.3) is 21.8 Å². The zero-order chi connectivity index (χ0) is 35.8. The van der Waals surface area contributed by atoms with E-state index in [1.165, 1.54) is 24.3 Å². The van der Waals surface area contributed by atoms with Gasteiger partial charge in [-0.15, -0.1) is 0 Å². The topological polar surface area (TPSA) is 39.9 Å². The van der Waals surface area contributed by atoms with Crippen LogP contribution in [0.2, 0.25) is 10.0 Å². The van der Waals surface area contributed by atoms with Gasteiger partial charge in [-0.1, -0.05) is 59.6 Å². The van der Waals surface area contributed by atoms with E-state index in [0.717, 1.165) is 33.2 Å². The first-order chi connectivity index (χ1) is 25.3. The van der Waals surface area contributed by atoms with Crippen molar-refractivity contribution in [2.24, 2.45) is 0 Å². The van der Waals surface area contributed by atoms with Crippen LogP contribution >= 0.6 is 23.2 Å². The average molecular weight is 742 g/mol. The number of fused-ring (bicyclic) bond motifs is 2. The molecule has 4 heterocycles. The molecule has 0 aliphatic carbocycles. The fraction of sp³-hybridized carbons (Fsp3) is 0.293. The molecular weight excluding hydrogens is 701 g/mol. The number of rotatable bonds is 10. The van der Waals surface area contributed by atoms with Gasteiger partial charge in [0.1, 0.15) is 11.6 Å². The van der Waals surface area contributed by atoms with Gasteiger partial charge in [0.25, 0.3) is 0 Å². The number of benzene rings is 4. The van der Waals surface area contributed by atoms with Crippen LogP contribution in [0.3, 0.4) is 0 Å². The minimum Gasteiger partial charge on any atom is -0.369 e. The second-order valence-electron chi connectivity index (χ2n) is 13.7. The Hall–Kier alpha value is -4.41. The quantitative estimate of drug-likeness (QED) is 0.143. The largest absolute Gasteiger partial charge is 0.369 e. The van der Waals surface area contributed by atoms with Gasteiger partial charge in [-0.2, -0.15) is 0 Å². The monoisotopic (exact) mass is 740 g/mol. The van der Waals surface area contributed by atoms with Crippen molar-refractivity contribution in [1.82, 2.24) is 18.9 Å². The molecule has 2 aromatic heterocycles. The van der Waals surface area contributed by atoms with Crippen molar-refractivity contribution < 1.29 is 13.6 Å². The molecule has 2 unspecified atom stereocenters. The van der Waals surface area contributed by atoms with Crippen molar-refractivity contribution >= 4 is 62.2 Å². The third kappa shape index (κ3) is 7.03. The molecule has 0 radical (unpaired) electrons. The van der Waals surface area contributed by atoms with Crippen LogP contribution in [0.5, 0.6) is 0 Å². The molecule has 4 aromatic carbocycles. The van der Waals surface area contributed by atoms with Gasteiger partial charge < -0.3 is 18.9 Å². The van der Waals surface area contributed by atoms with E-state index in [4.69, 9.17) is 23.2 Å². The standard InChI is InChI=1S/C41H40Cl2F2N6O/c42-35-25-50(37-7-3-1-5-33(35)37)27-39(48-21-17-46(18-22-48)31-13-9-29(44)10-14-31)41(52)40(28-51-26-36(43)34-6-2-4-8-38(34)51)49-23-19-47(20-24-49)32-15-11-30(45)12-16-32/h1-16,25-26,39-40H,17-24,27-28H2. The smallest absolute Gasteiger partial charge is 0.170 e. The molecule has 0 saturated carbocycles. The Morgan fingerprint density at radius 1 is 0.538 bits per heavy atom. The first-order valence-corrected chi connectivity index (χ1v) is 18.6. The number of hydrogen-bond acceptors (Lipinski definition) is 5. The molecular formula is C41H40Cl2F2N6O. The maximum atomic E-state index is 15.4. The Kier molecular flexibility index (Phi) is 9.94. The van der Waals surface area contributed by atoms with E-state index in [-0.39, 0.29) is 17.4 Å². The lowest BCUT2D eigenvalue weighted by atomic mass is 9.99. The fourth-order valence-corrected chi connectivity index (χ4v) is 8.51. The summed E-state index contributed by atoms with van der Waals surface area (Å²) in [5, 5.41) is 3.23. The number of ketones is 1. The van der Waals surface area contributed by atoms with Gasteiger partial charge >= 0.3 is 0 Å². The molecule has 0 bridgehead atoms. The van der Waals surface area contributed by atoms with Crippen molar-refractivity contribution in [3.8, 4) is 0 Å². The minimum absolute atomic E-state index is 0.147. The van der Waals surface area contributed by atoms with Crippen LogP contribution in [0, 0.1) is 11.6 Å². The highest BCUT2D eigenvalue weighted by Gasteiger charge is 2.38. The van der Waals surface area contributed by atoms with E-state index in [2.05, 4.69) is 40.9 Å². The van der Waals surface area contributed by atoms with E-state index in [1.54, 1.807) is 0 Å². The number of piperazine rings is 2. The summed E-state index contributed by atoms with van der Waals surface area (Å²) in [6.45, 7) is 6.41. The first kappa shape index (κ1) is 34.7. The fourth-order valence-electron chi connectivity index (χ4n) is 7.96. The van der Waals surface area contributed by atoms with Crippen molar-refractivity contribution in [2.75, 3.05) is 62.2 Å². The maximum absolute atomic E-state index is 15.4. The minimum atomic E-state index is -0.445. The molecule has 52 heavy (non-hydrogen) atoms. The number of para-hydroxylation sites is 2. The number of hydrogen-bond donors (Lipinski definition) is 0. The number of halogens is 4. The van der Waals surface area contributed by atoms with Crippen LogP contribution < -0.4 is 9.80 Å². The normalized spacial score (nSPS) is 17.2. The van der Waals surface area contributed by atoms with Crippen LogP contribution in [0.1, 0.15) is 0 Å². The van der Waals surface area contributed by atoms with Crippen molar-refractivity contribution in [3.63, 3.8) is 0 Å². The number of Topliss-reactive ketones (excluding diaryl/α,β-unsaturated/α-hetero) is 1. The van der Waals surface area contributed by atoms with Crippen molar-refractivity contribution in [1.29, 1.82) is 0 Å². The zero-order valence-corrected chi connectivity index (χ0v) is 30.2. The average Bonchev–Trinajstić information content (AvgIpc) is 3.68. The predicted molar refractivity (Wildman–Crippen MR) is 207 cm³/mol. The zero-order valence-electron chi connectivity index (χ0n) is 28.7. The molecule has 2 atom stereocenters. The Balaban J connectivity index is 1.12. The van der Waals surface area contributed by atoms with Crippen molar-refractivity contribution in [2.45, 2.75) is 25.2 Å². The van der Waals surface area contributed by atoms with Gasteiger partial charge in [-0.3, -0.25) is 14.6 Å². The second kappa shape index (κ2) is 14.9. The van der Waals surface area contributed by atoms with Gasteiger partial charge in [0.15, 0.2) is 5.78 Å². The summed E-state index contributed by atoms with van der Waals surface area (Å²) in [7, 11) is 0. The van der Waals surface area contributed by atoms with Crippen LogP contribution in [0.15, 0.2) is 109 Å². The maximum Gasteiger partial charge on any atom is 0.170 e.